The molecule has 1 aliphatic rings. The van der Waals surface area contributed by atoms with Crippen molar-refractivity contribution in [1.82, 2.24) is 0 Å². The Labute approximate surface area is 85.8 Å². The molecule has 1 unspecified atom stereocenters. The summed E-state index contributed by atoms with van der Waals surface area (Å²) in [6.07, 6.45) is 6.93. The van der Waals surface area contributed by atoms with Crippen molar-refractivity contribution in [3.05, 3.63) is 42.0 Å². The van der Waals surface area contributed by atoms with Gasteiger partial charge in [0.25, 0.3) is 0 Å². The van der Waals surface area contributed by atoms with Crippen molar-refractivity contribution < 1.29 is 0 Å². The first-order valence-electron chi connectivity index (χ1n) is 5.36. The average Bonchev–Trinajstić information content (AvgIpc) is 2.30. The minimum Gasteiger partial charge on any atom is -0.381 e. The third-order valence-corrected chi connectivity index (χ3v) is 2.84. The normalized spacial score (nSPS) is 23.6. The Balaban J connectivity index is 2.31. The third kappa shape index (κ3) is 1.98. The molecule has 0 aromatic heterocycles. The topological polar surface area (TPSA) is 12.0 Å². The zero-order valence-corrected chi connectivity index (χ0v) is 8.66. The summed E-state index contributed by atoms with van der Waals surface area (Å²) >= 11 is 0. The van der Waals surface area contributed by atoms with Crippen LogP contribution in [0.5, 0.6) is 0 Å². The first kappa shape index (κ1) is 9.32. The number of para-hydroxylation sites is 1. The minimum absolute atomic E-state index is 0.654. The average molecular weight is 187 g/mol. The van der Waals surface area contributed by atoms with Crippen LogP contribution >= 0.6 is 0 Å². The minimum atomic E-state index is 0.654. The lowest BCUT2D eigenvalue weighted by Crippen LogP contribution is -2.02. The van der Waals surface area contributed by atoms with E-state index in [0.717, 1.165) is 6.54 Å². The zero-order chi connectivity index (χ0) is 9.80. The van der Waals surface area contributed by atoms with E-state index in [2.05, 4.69) is 48.7 Å². The second kappa shape index (κ2) is 4.32. The predicted octanol–water partition coefficient (Wildman–Crippen LogP) is 3.55. The Morgan fingerprint density at radius 1 is 1.21 bits per heavy atom. The van der Waals surface area contributed by atoms with Crippen LogP contribution in [0.4, 0.5) is 5.69 Å². The van der Waals surface area contributed by atoms with E-state index in [1.54, 1.807) is 0 Å². The highest BCUT2D eigenvalue weighted by Crippen LogP contribution is 2.28. The van der Waals surface area contributed by atoms with Gasteiger partial charge in [0.1, 0.15) is 0 Å². The molecular weight excluding hydrogens is 170 g/mol. The number of hydrogen-bond acceptors (Lipinski definition) is 1. The molecule has 0 bridgehead atoms. The molecule has 2 rings (SSSR count). The number of fused-ring (bicyclic) bond motifs is 1. The molecular formula is C13H17N. The maximum absolute atomic E-state index is 3.45. The highest BCUT2D eigenvalue weighted by molar-refractivity contribution is 5.53. The Kier molecular flexibility index (Phi) is 2.87. The molecule has 0 spiro atoms. The predicted molar refractivity (Wildman–Crippen MR) is 61.7 cm³/mol. The fourth-order valence-electron chi connectivity index (χ4n) is 1.96. The van der Waals surface area contributed by atoms with Gasteiger partial charge in [0.15, 0.2) is 0 Å². The number of rotatable bonds is 0. The van der Waals surface area contributed by atoms with Crippen molar-refractivity contribution in [1.29, 1.82) is 0 Å². The Morgan fingerprint density at radius 2 is 2.07 bits per heavy atom. The lowest BCUT2D eigenvalue weighted by Gasteiger charge is -2.15. The molecule has 0 amide bonds. The van der Waals surface area contributed by atoms with Crippen LogP contribution in [0.25, 0.3) is 0 Å². The van der Waals surface area contributed by atoms with Gasteiger partial charge in [-0.3, -0.25) is 0 Å². The first-order valence-corrected chi connectivity index (χ1v) is 5.36. The third-order valence-electron chi connectivity index (χ3n) is 2.84. The summed E-state index contributed by atoms with van der Waals surface area (Å²) in [6.45, 7) is 3.25. The van der Waals surface area contributed by atoms with E-state index >= 15 is 0 Å². The Morgan fingerprint density at radius 3 is 3.00 bits per heavy atom. The number of nitrogens with one attached hydrogen (secondary N) is 1. The van der Waals surface area contributed by atoms with Gasteiger partial charge in [-0.25, -0.2) is 0 Å². The summed E-state index contributed by atoms with van der Waals surface area (Å²) in [5.41, 5.74) is 2.75. The van der Waals surface area contributed by atoms with Gasteiger partial charge in [0.2, 0.25) is 0 Å². The summed E-state index contributed by atoms with van der Waals surface area (Å²) in [5, 5.41) is 3.45. The van der Waals surface area contributed by atoms with E-state index in [1.165, 1.54) is 24.1 Å². The Bertz CT molecular complexity index is 328. The molecule has 1 nitrogen and oxygen atoms in total. The molecule has 0 saturated carbocycles. The molecule has 14 heavy (non-hydrogen) atoms. The quantitative estimate of drug-likeness (QED) is 0.612. The molecule has 1 aliphatic heterocycles. The van der Waals surface area contributed by atoms with Gasteiger partial charge in [-0.1, -0.05) is 37.3 Å². The van der Waals surface area contributed by atoms with Crippen LogP contribution in [0, 0.1) is 0 Å². The van der Waals surface area contributed by atoms with Crippen LogP contribution in [0.15, 0.2) is 36.4 Å². The maximum Gasteiger partial charge on any atom is 0.0377 e. The van der Waals surface area contributed by atoms with Crippen LogP contribution in [0.1, 0.15) is 31.2 Å². The van der Waals surface area contributed by atoms with E-state index in [4.69, 9.17) is 0 Å². The number of benzene rings is 1. The van der Waals surface area contributed by atoms with Crippen LogP contribution in [0.3, 0.4) is 0 Å². The molecule has 0 aliphatic carbocycles. The van der Waals surface area contributed by atoms with Crippen molar-refractivity contribution in [3.8, 4) is 0 Å². The highest BCUT2D eigenvalue weighted by atomic mass is 14.9. The molecule has 1 aromatic carbocycles. The lowest BCUT2D eigenvalue weighted by molar-refractivity contribution is 0.693. The van der Waals surface area contributed by atoms with Gasteiger partial charge >= 0.3 is 0 Å². The molecule has 0 radical (unpaired) electrons. The van der Waals surface area contributed by atoms with Crippen molar-refractivity contribution in [2.24, 2.45) is 0 Å². The number of hydrogen-bond donors (Lipinski definition) is 1. The van der Waals surface area contributed by atoms with Crippen molar-refractivity contribution >= 4 is 5.69 Å². The smallest absolute Gasteiger partial charge is 0.0377 e. The summed E-state index contributed by atoms with van der Waals surface area (Å²) in [5.74, 6) is 0.654. The van der Waals surface area contributed by atoms with Gasteiger partial charge in [0.05, 0.1) is 0 Å². The van der Waals surface area contributed by atoms with Crippen LogP contribution in [-0.2, 0) is 0 Å². The molecule has 0 saturated heterocycles. The summed E-state index contributed by atoms with van der Waals surface area (Å²) in [4.78, 5) is 0. The van der Waals surface area contributed by atoms with E-state index in [9.17, 15) is 0 Å². The van der Waals surface area contributed by atoms with Gasteiger partial charge in [-0.05, 0) is 30.4 Å². The van der Waals surface area contributed by atoms with Gasteiger partial charge in [-0.15, -0.1) is 0 Å². The Hall–Kier alpha value is -1.24. The largest absolute Gasteiger partial charge is 0.381 e. The molecule has 1 heterocycles. The van der Waals surface area contributed by atoms with Crippen LogP contribution < -0.4 is 5.32 Å². The summed E-state index contributed by atoms with van der Waals surface area (Å²) in [6, 6.07) is 8.63. The van der Waals surface area contributed by atoms with Gasteiger partial charge in [0, 0.05) is 12.2 Å². The van der Waals surface area contributed by atoms with Crippen LogP contribution in [0.2, 0.25) is 0 Å². The second-order valence-electron chi connectivity index (χ2n) is 3.92. The summed E-state index contributed by atoms with van der Waals surface area (Å²) in [7, 11) is 0. The molecule has 0 fully saturated rings. The van der Waals surface area contributed by atoms with Gasteiger partial charge < -0.3 is 5.32 Å². The molecule has 74 valence electrons. The van der Waals surface area contributed by atoms with Crippen molar-refractivity contribution in [2.75, 3.05) is 11.9 Å². The highest BCUT2D eigenvalue weighted by Gasteiger charge is 2.09. The van der Waals surface area contributed by atoms with Crippen LogP contribution in [-0.4, -0.2) is 6.54 Å². The monoisotopic (exact) mass is 187 g/mol. The number of anilines is 1. The molecule has 1 atom stereocenters. The van der Waals surface area contributed by atoms with E-state index in [0.29, 0.717) is 5.92 Å². The molecule has 1 aromatic rings. The molecule has 1 heteroatoms. The number of allylic oxidation sites excluding steroid dienone is 1. The fourth-order valence-corrected chi connectivity index (χ4v) is 1.96. The van der Waals surface area contributed by atoms with Crippen molar-refractivity contribution in [3.63, 3.8) is 0 Å². The van der Waals surface area contributed by atoms with E-state index < -0.39 is 0 Å². The summed E-state index contributed by atoms with van der Waals surface area (Å²) < 4.78 is 0. The van der Waals surface area contributed by atoms with Gasteiger partial charge in [-0.2, -0.15) is 0 Å². The zero-order valence-electron chi connectivity index (χ0n) is 8.66. The maximum atomic E-state index is 3.45. The second-order valence-corrected chi connectivity index (χ2v) is 3.92. The van der Waals surface area contributed by atoms with Crippen molar-refractivity contribution in [2.45, 2.75) is 25.7 Å². The van der Waals surface area contributed by atoms with E-state index in [1.807, 2.05) is 0 Å². The van der Waals surface area contributed by atoms with E-state index in [-0.39, 0.29) is 0 Å². The first-order chi connectivity index (χ1) is 6.88. The lowest BCUT2D eigenvalue weighted by atomic mass is 9.95. The molecule has 1 N–H and O–H groups in total. The fraction of sp³-hybridized carbons (Fsp3) is 0.385. The SMILES string of the molecule is CC1CC/C=C\CNc2ccccc21. The standard InChI is InChI=1S/C13H17N/c1-11-7-3-2-6-10-14-13-9-5-4-8-12(11)13/h2,4-6,8-9,11,14H,3,7,10H2,1H3/b6-2-.